The summed E-state index contributed by atoms with van der Waals surface area (Å²) < 4.78 is 10.8. The topological polar surface area (TPSA) is 78.0 Å². The molecular weight excluding hydrogens is 322 g/mol. The Morgan fingerprint density at radius 1 is 1.40 bits per heavy atom. The Morgan fingerprint density at radius 2 is 2.16 bits per heavy atom. The quantitative estimate of drug-likeness (QED) is 0.831. The minimum atomic E-state index is -0.789. The van der Waals surface area contributed by atoms with Gasteiger partial charge in [-0.2, -0.15) is 5.06 Å². The number of hydroxylamine groups is 2. The molecule has 0 saturated carbocycles. The van der Waals surface area contributed by atoms with Gasteiger partial charge in [0.15, 0.2) is 0 Å². The van der Waals surface area contributed by atoms with Crippen molar-refractivity contribution >= 4 is 17.0 Å². The van der Waals surface area contributed by atoms with E-state index in [4.69, 9.17) is 9.47 Å². The number of H-pyrrole nitrogens is 1. The number of aromatic nitrogens is 1. The van der Waals surface area contributed by atoms with Crippen molar-refractivity contribution in [2.24, 2.45) is 0 Å². The number of methoxy groups -OCH3 is 1. The van der Waals surface area contributed by atoms with Crippen LogP contribution in [0.5, 0.6) is 0 Å². The second-order valence-electron chi connectivity index (χ2n) is 7.09. The van der Waals surface area contributed by atoms with Crippen LogP contribution in [-0.4, -0.2) is 58.3 Å². The van der Waals surface area contributed by atoms with E-state index < -0.39 is 17.9 Å². The molecule has 2 aliphatic heterocycles. The van der Waals surface area contributed by atoms with E-state index in [2.05, 4.69) is 11.1 Å². The predicted octanol–water partition coefficient (Wildman–Crippen LogP) is 2.66. The van der Waals surface area contributed by atoms with E-state index in [1.807, 2.05) is 32.0 Å². The molecule has 0 bridgehead atoms. The largest absolute Gasteiger partial charge is 0.453 e. The number of carbonyl (C=O) groups is 1. The molecule has 2 atom stereocenters. The molecule has 3 heterocycles. The van der Waals surface area contributed by atoms with Crippen LogP contribution in [0.25, 0.3) is 10.9 Å². The Morgan fingerprint density at radius 3 is 2.92 bits per heavy atom. The molecule has 1 aromatic heterocycles. The molecule has 2 N–H and O–H groups in total. The third-order valence-corrected chi connectivity index (χ3v) is 5.31. The number of nitrogens with zero attached hydrogens (tertiary/aromatic N) is 2. The van der Waals surface area contributed by atoms with Gasteiger partial charge in [-0.25, -0.2) is 4.79 Å². The highest BCUT2D eigenvalue weighted by atomic mass is 16.6. The van der Waals surface area contributed by atoms with Crippen molar-refractivity contribution < 1.29 is 19.5 Å². The fourth-order valence-corrected chi connectivity index (χ4v) is 4.17. The lowest BCUT2D eigenvalue weighted by Crippen LogP contribution is -2.53. The number of fused-ring (bicyclic) bond motifs is 3. The van der Waals surface area contributed by atoms with Crippen LogP contribution in [-0.2, 0) is 15.9 Å². The first kappa shape index (κ1) is 16.4. The van der Waals surface area contributed by atoms with Gasteiger partial charge < -0.3 is 19.7 Å². The third kappa shape index (κ3) is 2.42. The number of benzene rings is 1. The number of amides is 1. The fraction of sp³-hybridized carbons (Fsp3) is 0.500. The summed E-state index contributed by atoms with van der Waals surface area (Å²) in [5.41, 5.74) is 2.38. The number of hydrogen-bond acceptors (Lipinski definition) is 5. The zero-order chi connectivity index (χ0) is 17.8. The molecule has 2 aliphatic rings. The number of nitrogens with one attached hydrogen (secondary N) is 1. The van der Waals surface area contributed by atoms with Crippen molar-refractivity contribution in [3.05, 3.63) is 35.5 Å². The van der Waals surface area contributed by atoms with Crippen LogP contribution in [0.4, 0.5) is 4.79 Å². The molecule has 1 saturated heterocycles. The Balaban J connectivity index is 1.81. The molecule has 134 valence electrons. The van der Waals surface area contributed by atoms with E-state index in [9.17, 15) is 10.0 Å². The first-order valence-corrected chi connectivity index (χ1v) is 8.50. The van der Waals surface area contributed by atoms with Crippen LogP contribution in [0, 0.1) is 0 Å². The third-order valence-electron chi connectivity index (χ3n) is 5.31. The standard InChI is InChI=1S/C18H23N3O4/c1-18(2)21(17(22)24-3)14(10-25-18)16-15-12(8-9-20(16)23)11-6-4-5-7-13(11)19-15/h4-7,14,16,19,23H,8-10H2,1-3H3/t14-,16-/m0/s1. The smallest absolute Gasteiger partial charge is 0.412 e. The van der Waals surface area contributed by atoms with Crippen LogP contribution in [0.2, 0.25) is 0 Å². The Hall–Kier alpha value is -2.09. The van der Waals surface area contributed by atoms with Crippen molar-refractivity contribution in [1.82, 2.24) is 14.9 Å². The predicted molar refractivity (Wildman–Crippen MR) is 91.3 cm³/mol. The molecule has 2 aromatic rings. The maximum Gasteiger partial charge on any atom is 0.412 e. The maximum atomic E-state index is 12.4. The highest BCUT2D eigenvalue weighted by Crippen LogP contribution is 2.41. The first-order valence-electron chi connectivity index (χ1n) is 8.50. The summed E-state index contributed by atoms with van der Waals surface area (Å²) in [6.45, 7) is 4.51. The molecule has 7 heteroatoms. The number of carbonyl (C=O) groups excluding carboxylic acids is 1. The van der Waals surface area contributed by atoms with E-state index in [0.717, 1.165) is 17.6 Å². The normalized spacial score (nSPS) is 26.0. The molecular formula is C18H23N3O4. The van der Waals surface area contributed by atoms with Crippen LogP contribution in [0.3, 0.4) is 0 Å². The lowest BCUT2D eigenvalue weighted by atomic mass is 9.93. The van der Waals surface area contributed by atoms with Gasteiger partial charge in [0.25, 0.3) is 0 Å². The summed E-state index contributed by atoms with van der Waals surface area (Å²) in [6.07, 6.45) is 0.297. The summed E-state index contributed by atoms with van der Waals surface area (Å²) in [6, 6.07) is 7.37. The molecule has 0 radical (unpaired) electrons. The SMILES string of the molecule is COC(=O)N1[C@H]([C@H]2c3[nH]c4ccccc4c3CCN2O)COC1(C)C. The van der Waals surface area contributed by atoms with Gasteiger partial charge in [0.1, 0.15) is 5.72 Å². The fourth-order valence-electron chi connectivity index (χ4n) is 4.17. The number of para-hydroxylation sites is 1. The number of aromatic amines is 1. The monoisotopic (exact) mass is 345 g/mol. The van der Waals surface area contributed by atoms with Crippen LogP contribution in [0.1, 0.15) is 31.1 Å². The van der Waals surface area contributed by atoms with Crippen molar-refractivity contribution in [1.29, 1.82) is 0 Å². The van der Waals surface area contributed by atoms with E-state index in [1.165, 1.54) is 23.1 Å². The van der Waals surface area contributed by atoms with Gasteiger partial charge in [-0.1, -0.05) is 18.2 Å². The summed E-state index contributed by atoms with van der Waals surface area (Å²) in [5, 5.41) is 13.1. The van der Waals surface area contributed by atoms with Gasteiger partial charge in [-0.05, 0) is 31.9 Å². The van der Waals surface area contributed by atoms with E-state index in [0.29, 0.717) is 13.2 Å². The van der Waals surface area contributed by atoms with Crippen molar-refractivity contribution in [3.63, 3.8) is 0 Å². The number of ether oxygens (including phenoxy) is 2. The minimum Gasteiger partial charge on any atom is -0.453 e. The van der Waals surface area contributed by atoms with Gasteiger partial charge in [0, 0.05) is 23.1 Å². The lowest BCUT2D eigenvalue weighted by Gasteiger charge is -2.40. The summed E-state index contributed by atoms with van der Waals surface area (Å²) in [5.74, 6) is 0. The van der Waals surface area contributed by atoms with Gasteiger partial charge >= 0.3 is 6.09 Å². The zero-order valence-electron chi connectivity index (χ0n) is 14.7. The van der Waals surface area contributed by atoms with Gasteiger partial charge in [-0.3, -0.25) is 4.90 Å². The van der Waals surface area contributed by atoms with E-state index in [-0.39, 0.29) is 6.04 Å². The summed E-state index contributed by atoms with van der Waals surface area (Å²) in [4.78, 5) is 17.4. The molecule has 0 spiro atoms. The molecule has 0 unspecified atom stereocenters. The molecule has 1 fully saturated rings. The number of hydrogen-bond donors (Lipinski definition) is 2. The van der Waals surface area contributed by atoms with Gasteiger partial charge in [0.2, 0.25) is 0 Å². The highest BCUT2D eigenvalue weighted by Gasteiger charge is 2.51. The summed E-state index contributed by atoms with van der Waals surface area (Å²) >= 11 is 0. The Bertz CT molecular complexity index is 816. The molecule has 7 nitrogen and oxygen atoms in total. The molecule has 0 aliphatic carbocycles. The molecule has 1 aromatic carbocycles. The zero-order valence-corrected chi connectivity index (χ0v) is 14.7. The van der Waals surface area contributed by atoms with Crippen LogP contribution < -0.4 is 0 Å². The Labute approximate surface area is 146 Å². The maximum absolute atomic E-state index is 12.4. The molecule has 4 rings (SSSR count). The van der Waals surface area contributed by atoms with Crippen molar-refractivity contribution in [3.8, 4) is 0 Å². The molecule has 1 amide bonds. The Kier molecular flexibility index (Phi) is 3.75. The summed E-state index contributed by atoms with van der Waals surface area (Å²) in [7, 11) is 1.36. The van der Waals surface area contributed by atoms with Crippen molar-refractivity contribution in [2.75, 3.05) is 20.3 Å². The minimum absolute atomic E-state index is 0.332. The van der Waals surface area contributed by atoms with Gasteiger partial charge in [-0.15, -0.1) is 0 Å². The average Bonchev–Trinajstić information content (AvgIpc) is 3.11. The van der Waals surface area contributed by atoms with E-state index in [1.54, 1.807) is 4.90 Å². The van der Waals surface area contributed by atoms with Crippen LogP contribution in [0.15, 0.2) is 24.3 Å². The van der Waals surface area contributed by atoms with Crippen LogP contribution >= 0.6 is 0 Å². The molecule has 25 heavy (non-hydrogen) atoms. The first-order chi connectivity index (χ1) is 11.9. The number of rotatable bonds is 1. The second-order valence-corrected chi connectivity index (χ2v) is 7.09. The highest BCUT2D eigenvalue weighted by molar-refractivity contribution is 5.85. The average molecular weight is 345 g/mol. The van der Waals surface area contributed by atoms with Crippen molar-refractivity contribution in [2.45, 2.75) is 38.1 Å². The second kappa shape index (κ2) is 5.72. The van der Waals surface area contributed by atoms with Gasteiger partial charge in [0.05, 0.1) is 25.8 Å². The van der Waals surface area contributed by atoms with E-state index >= 15 is 0 Å². The lowest BCUT2D eigenvalue weighted by molar-refractivity contribution is -0.150.